The van der Waals surface area contributed by atoms with Crippen LogP contribution in [0.3, 0.4) is 0 Å². The second kappa shape index (κ2) is 7.02. The predicted octanol–water partition coefficient (Wildman–Crippen LogP) is 6.31. The maximum absolute atomic E-state index is 4.91. The molecule has 0 atom stereocenters. The topological polar surface area (TPSA) is 53.6 Å². The van der Waals surface area contributed by atoms with E-state index >= 15 is 0 Å². The van der Waals surface area contributed by atoms with Gasteiger partial charge in [0.2, 0.25) is 0 Å². The molecule has 4 nitrogen and oxygen atoms in total. The minimum absolute atomic E-state index is 0.783. The summed E-state index contributed by atoms with van der Waals surface area (Å²) in [4.78, 5) is 6.09. The molecule has 0 radical (unpaired) electrons. The summed E-state index contributed by atoms with van der Waals surface area (Å²) in [7, 11) is 0. The molecule has 0 aliphatic rings. The molecule has 0 unspecified atom stereocenters. The normalized spacial score (nSPS) is 11.2. The van der Waals surface area contributed by atoms with Gasteiger partial charge in [0.1, 0.15) is 10.8 Å². The second-order valence-electron chi connectivity index (χ2n) is 6.69. The first kappa shape index (κ1) is 16.8. The van der Waals surface area contributed by atoms with Crippen LogP contribution in [0.5, 0.6) is 0 Å². The fourth-order valence-corrected chi connectivity index (χ4v) is 4.25. The molecule has 28 heavy (non-hydrogen) atoms. The second-order valence-corrected chi connectivity index (χ2v) is 7.79. The third-order valence-corrected chi connectivity index (χ3v) is 5.54. The molecule has 0 bridgehead atoms. The van der Waals surface area contributed by atoms with E-state index in [9.17, 15) is 0 Å². The predicted molar refractivity (Wildman–Crippen MR) is 116 cm³/mol. The number of aromatic amines is 1. The molecule has 5 aromatic rings. The Morgan fingerprint density at radius 3 is 2.54 bits per heavy atom. The number of benzene rings is 3. The Hall–Kier alpha value is -3.31. The molecule has 0 spiro atoms. The number of nitrogens with one attached hydrogen (secondary N) is 2. The lowest BCUT2D eigenvalue weighted by atomic mass is 10.1. The zero-order chi connectivity index (χ0) is 18.9. The Labute approximate surface area is 167 Å². The van der Waals surface area contributed by atoms with Crippen molar-refractivity contribution in [3.05, 3.63) is 84.4 Å². The number of aromatic nitrogens is 3. The maximum atomic E-state index is 4.91. The smallest absolute Gasteiger partial charge is 0.161 e. The van der Waals surface area contributed by atoms with Gasteiger partial charge in [-0.3, -0.25) is 5.10 Å². The molecule has 0 fully saturated rings. The van der Waals surface area contributed by atoms with E-state index in [1.807, 2.05) is 24.3 Å². The van der Waals surface area contributed by atoms with E-state index in [0.717, 1.165) is 38.3 Å². The van der Waals surface area contributed by atoms with Crippen LogP contribution in [0.15, 0.2) is 88.8 Å². The van der Waals surface area contributed by atoms with Crippen LogP contribution < -0.4 is 5.32 Å². The number of hydrogen-bond acceptors (Lipinski definition) is 4. The summed E-state index contributed by atoms with van der Waals surface area (Å²) >= 11 is 1.67. The first-order valence-corrected chi connectivity index (χ1v) is 9.92. The van der Waals surface area contributed by atoms with Gasteiger partial charge >= 0.3 is 0 Å². The minimum Gasteiger partial charge on any atom is -0.322 e. The van der Waals surface area contributed by atoms with E-state index in [2.05, 4.69) is 77.0 Å². The molecular formula is C23H18N4S. The van der Waals surface area contributed by atoms with Gasteiger partial charge in [0.25, 0.3) is 0 Å². The highest BCUT2D eigenvalue weighted by Gasteiger charge is 2.11. The maximum Gasteiger partial charge on any atom is 0.161 e. The monoisotopic (exact) mass is 382 g/mol. The number of fused-ring (bicyclic) bond motifs is 2. The van der Waals surface area contributed by atoms with Crippen molar-refractivity contribution in [2.45, 2.75) is 16.8 Å². The molecule has 136 valence electrons. The van der Waals surface area contributed by atoms with Crippen molar-refractivity contribution in [3.8, 4) is 0 Å². The van der Waals surface area contributed by atoms with Gasteiger partial charge in [0, 0.05) is 15.7 Å². The van der Waals surface area contributed by atoms with Crippen LogP contribution in [0.2, 0.25) is 0 Å². The van der Waals surface area contributed by atoms with Gasteiger partial charge in [-0.05, 0) is 42.6 Å². The highest BCUT2D eigenvalue weighted by Crippen LogP contribution is 2.33. The van der Waals surface area contributed by atoms with Gasteiger partial charge < -0.3 is 5.32 Å². The van der Waals surface area contributed by atoms with Crippen LogP contribution >= 0.6 is 11.8 Å². The van der Waals surface area contributed by atoms with Crippen molar-refractivity contribution >= 4 is 45.1 Å². The molecule has 0 saturated heterocycles. The molecular weight excluding hydrogens is 364 g/mol. The van der Waals surface area contributed by atoms with Gasteiger partial charge in [-0.25, -0.2) is 4.98 Å². The van der Waals surface area contributed by atoms with Gasteiger partial charge in [0.15, 0.2) is 5.82 Å². The molecule has 0 aliphatic heterocycles. The summed E-state index contributed by atoms with van der Waals surface area (Å²) in [5, 5.41) is 15.2. The molecule has 2 aromatic heterocycles. The zero-order valence-electron chi connectivity index (χ0n) is 15.3. The lowest BCUT2D eigenvalue weighted by Gasteiger charge is -2.10. The summed E-state index contributed by atoms with van der Waals surface area (Å²) in [5.41, 5.74) is 2.24. The average Bonchev–Trinajstić information content (AvgIpc) is 3.11. The fraction of sp³-hybridized carbons (Fsp3) is 0.0435. The molecule has 5 heteroatoms. The average molecular weight is 382 g/mol. The largest absolute Gasteiger partial charge is 0.322 e. The van der Waals surface area contributed by atoms with Crippen molar-refractivity contribution < 1.29 is 0 Å². The van der Waals surface area contributed by atoms with Crippen LogP contribution in [0.4, 0.5) is 11.6 Å². The van der Waals surface area contributed by atoms with Gasteiger partial charge in [-0.1, -0.05) is 65.9 Å². The van der Waals surface area contributed by atoms with E-state index in [4.69, 9.17) is 4.98 Å². The SMILES string of the molecule is Cc1cccc(Sc2cc3ccccc3c(Nc3n[nH]c4ccccc34)n2)c1. The number of anilines is 2. The molecule has 2 N–H and O–H groups in total. The van der Waals surface area contributed by atoms with E-state index in [1.165, 1.54) is 10.5 Å². The summed E-state index contributed by atoms with van der Waals surface area (Å²) in [5.74, 6) is 1.59. The Morgan fingerprint density at radius 1 is 0.821 bits per heavy atom. The molecule has 3 aromatic carbocycles. The number of hydrogen-bond donors (Lipinski definition) is 2. The van der Waals surface area contributed by atoms with E-state index in [1.54, 1.807) is 11.8 Å². The van der Waals surface area contributed by atoms with Crippen LogP contribution in [0.25, 0.3) is 21.7 Å². The number of para-hydroxylation sites is 1. The quantitative estimate of drug-likeness (QED) is 0.382. The first-order valence-electron chi connectivity index (χ1n) is 9.11. The highest BCUT2D eigenvalue weighted by molar-refractivity contribution is 7.99. The van der Waals surface area contributed by atoms with E-state index < -0.39 is 0 Å². The van der Waals surface area contributed by atoms with Gasteiger partial charge in [-0.2, -0.15) is 5.10 Å². The third-order valence-electron chi connectivity index (χ3n) is 4.64. The Bertz CT molecular complexity index is 1290. The van der Waals surface area contributed by atoms with Crippen LogP contribution in [0.1, 0.15) is 5.56 Å². The standard InChI is InChI=1S/C23H18N4S/c1-15-7-6-9-17(13-15)28-21-14-16-8-2-3-10-18(16)22(24-21)25-23-19-11-4-5-12-20(19)26-27-23/h2-14H,1H3,(H2,24,25,26,27). The van der Waals surface area contributed by atoms with Crippen LogP contribution in [-0.4, -0.2) is 15.2 Å². The molecule has 0 saturated carbocycles. The van der Waals surface area contributed by atoms with Crippen molar-refractivity contribution in [1.29, 1.82) is 0 Å². The zero-order valence-corrected chi connectivity index (χ0v) is 16.1. The van der Waals surface area contributed by atoms with Crippen molar-refractivity contribution in [3.63, 3.8) is 0 Å². The molecule has 0 aliphatic carbocycles. The number of aryl methyl sites for hydroxylation is 1. The number of H-pyrrole nitrogens is 1. The summed E-state index contributed by atoms with van der Waals surface area (Å²) in [6.45, 7) is 2.10. The van der Waals surface area contributed by atoms with Crippen molar-refractivity contribution in [2.24, 2.45) is 0 Å². The number of pyridine rings is 1. The van der Waals surface area contributed by atoms with Crippen LogP contribution in [0, 0.1) is 6.92 Å². The van der Waals surface area contributed by atoms with Gasteiger partial charge in [-0.15, -0.1) is 0 Å². The number of nitrogens with zero attached hydrogens (tertiary/aromatic N) is 2. The summed E-state index contributed by atoms with van der Waals surface area (Å²) < 4.78 is 0. The third kappa shape index (κ3) is 3.21. The summed E-state index contributed by atoms with van der Waals surface area (Å²) in [6, 6.07) is 27.0. The van der Waals surface area contributed by atoms with Crippen molar-refractivity contribution in [2.75, 3.05) is 5.32 Å². The first-order chi connectivity index (χ1) is 13.8. The summed E-state index contributed by atoms with van der Waals surface area (Å²) in [6.07, 6.45) is 0. The molecule has 2 heterocycles. The van der Waals surface area contributed by atoms with Crippen LogP contribution in [-0.2, 0) is 0 Å². The number of rotatable bonds is 4. The lowest BCUT2D eigenvalue weighted by Crippen LogP contribution is -1.97. The van der Waals surface area contributed by atoms with Crippen molar-refractivity contribution in [1.82, 2.24) is 15.2 Å². The fourth-order valence-electron chi connectivity index (χ4n) is 3.29. The lowest BCUT2D eigenvalue weighted by molar-refractivity contribution is 1.10. The van der Waals surface area contributed by atoms with E-state index in [-0.39, 0.29) is 0 Å². The Kier molecular flexibility index (Phi) is 4.22. The Morgan fingerprint density at radius 2 is 1.64 bits per heavy atom. The van der Waals surface area contributed by atoms with Gasteiger partial charge in [0.05, 0.1) is 5.52 Å². The molecule has 0 amide bonds. The minimum atomic E-state index is 0.783. The Balaban J connectivity index is 1.59. The highest BCUT2D eigenvalue weighted by atomic mass is 32.2. The molecule has 5 rings (SSSR count). The van der Waals surface area contributed by atoms with E-state index in [0.29, 0.717) is 0 Å².